The molecule has 0 radical (unpaired) electrons. The summed E-state index contributed by atoms with van der Waals surface area (Å²) in [7, 11) is 0. The van der Waals surface area contributed by atoms with Crippen molar-refractivity contribution in [3.05, 3.63) is 29.8 Å². The molecule has 1 unspecified atom stereocenters. The number of alkyl halides is 3. The van der Waals surface area contributed by atoms with Crippen molar-refractivity contribution in [1.82, 2.24) is 0 Å². The van der Waals surface area contributed by atoms with Gasteiger partial charge in [0, 0.05) is 17.9 Å². The molecule has 0 heterocycles. The molecule has 0 spiro atoms. The lowest BCUT2D eigenvalue weighted by molar-refractivity contribution is -0.274. The fourth-order valence-corrected chi connectivity index (χ4v) is 1.59. The van der Waals surface area contributed by atoms with Gasteiger partial charge in [-0.05, 0) is 30.7 Å². The number of carbonyl (C=O) groups is 1. The zero-order chi connectivity index (χ0) is 14.5. The molecule has 0 N–H and O–H groups in total. The highest BCUT2D eigenvalue weighted by Gasteiger charge is 2.31. The summed E-state index contributed by atoms with van der Waals surface area (Å²) in [6.07, 6.45) is -4.15. The molecule has 0 fully saturated rings. The molecule has 1 atom stereocenters. The van der Waals surface area contributed by atoms with Crippen LogP contribution in [-0.4, -0.2) is 12.1 Å². The maximum absolute atomic E-state index is 12.0. The van der Waals surface area contributed by atoms with Crippen LogP contribution in [0, 0.1) is 17.2 Å². The third-order valence-electron chi connectivity index (χ3n) is 2.57. The minimum atomic E-state index is -4.75. The second-order valence-electron chi connectivity index (χ2n) is 3.90. The Labute approximate surface area is 108 Å². The van der Waals surface area contributed by atoms with Gasteiger partial charge in [-0.2, -0.15) is 5.26 Å². The lowest BCUT2D eigenvalue weighted by Gasteiger charge is -2.11. The molecule has 102 valence electrons. The quantitative estimate of drug-likeness (QED) is 0.767. The van der Waals surface area contributed by atoms with Gasteiger partial charge in [0.2, 0.25) is 0 Å². The van der Waals surface area contributed by atoms with Crippen molar-refractivity contribution in [3.8, 4) is 11.8 Å². The Balaban J connectivity index is 2.81. The average molecular weight is 271 g/mol. The molecule has 0 aliphatic carbocycles. The van der Waals surface area contributed by atoms with Crippen LogP contribution in [0.3, 0.4) is 0 Å². The first-order chi connectivity index (χ1) is 8.87. The van der Waals surface area contributed by atoms with E-state index in [1.165, 1.54) is 12.1 Å². The molecule has 0 bridgehead atoms. The largest absolute Gasteiger partial charge is 0.573 e. The van der Waals surface area contributed by atoms with E-state index in [9.17, 15) is 18.0 Å². The van der Waals surface area contributed by atoms with Crippen LogP contribution in [0.4, 0.5) is 13.2 Å². The minimum absolute atomic E-state index is 0.0934. The summed E-state index contributed by atoms with van der Waals surface area (Å²) in [5.74, 6) is -1.06. The van der Waals surface area contributed by atoms with E-state index in [-0.39, 0.29) is 23.5 Å². The van der Waals surface area contributed by atoms with Crippen LogP contribution in [0.2, 0.25) is 0 Å². The highest BCUT2D eigenvalue weighted by atomic mass is 19.4. The Morgan fingerprint density at radius 1 is 1.37 bits per heavy atom. The van der Waals surface area contributed by atoms with E-state index in [1.807, 2.05) is 6.07 Å². The minimum Gasteiger partial charge on any atom is -0.406 e. The predicted molar refractivity (Wildman–Crippen MR) is 61.5 cm³/mol. The lowest BCUT2D eigenvalue weighted by Crippen LogP contribution is -2.17. The number of nitrogens with zero attached hydrogens (tertiary/aromatic N) is 1. The first kappa shape index (κ1) is 15.0. The molecule has 6 heteroatoms. The Morgan fingerprint density at radius 3 is 2.37 bits per heavy atom. The zero-order valence-electron chi connectivity index (χ0n) is 10.2. The van der Waals surface area contributed by atoms with Crippen molar-refractivity contribution < 1.29 is 22.7 Å². The van der Waals surface area contributed by atoms with Crippen molar-refractivity contribution in [3.63, 3.8) is 0 Å². The number of nitriles is 1. The topological polar surface area (TPSA) is 50.1 Å². The molecule has 0 aliphatic heterocycles. The van der Waals surface area contributed by atoms with Gasteiger partial charge in [-0.1, -0.05) is 6.92 Å². The van der Waals surface area contributed by atoms with E-state index in [0.29, 0.717) is 6.42 Å². The van der Waals surface area contributed by atoms with E-state index in [0.717, 1.165) is 12.1 Å². The Kier molecular flexibility index (Phi) is 4.93. The first-order valence-corrected chi connectivity index (χ1v) is 5.64. The Bertz CT molecular complexity index is 474. The molecule has 0 aromatic heterocycles. The van der Waals surface area contributed by atoms with Gasteiger partial charge in [-0.3, -0.25) is 4.79 Å². The summed E-state index contributed by atoms with van der Waals surface area (Å²) in [5.41, 5.74) is 0.275. The third-order valence-corrected chi connectivity index (χ3v) is 2.57. The molecule has 3 nitrogen and oxygen atoms in total. The van der Waals surface area contributed by atoms with E-state index in [4.69, 9.17) is 5.26 Å². The second kappa shape index (κ2) is 6.23. The van der Waals surface area contributed by atoms with Gasteiger partial charge >= 0.3 is 6.36 Å². The number of ether oxygens (including phenoxy) is 1. The summed E-state index contributed by atoms with van der Waals surface area (Å²) in [6.45, 7) is 1.78. The first-order valence-electron chi connectivity index (χ1n) is 5.64. The number of halogens is 3. The molecule has 1 aromatic rings. The normalized spacial score (nSPS) is 12.6. The average Bonchev–Trinajstić information content (AvgIpc) is 2.34. The van der Waals surface area contributed by atoms with Gasteiger partial charge in [-0.15, -0.1) is 13.2 Å². The van der Waals surface area contributed by atoms with Crippen LogP contribution in [0.25, 0.3) is 0 Å². The number of ketones is 1. The number of hydrogen-bond acceptors (Lipinski definition) is 3. The van der Waals surface area contributed by atoms with Crippen molar-refractivity contribution in [2.45, 2.75) is 26.1 Å². The molecule has 19 heavy (non-hydrogen) atoms. The highest BCUT2D eigenvalue weighted by Crippen LogP contribution is 2.24. The number of rotatable bonds is 5. The van der Waals surface area contributed by atoms with Crippen LogP contribution in [0.1, 0.15) is 30.1 Å². The molecule has 0 amide bonds. The van der Waals surface area contributed by atoms with Crippen molar-refractivity contribution >= 4 is 5.78 Å². The van der Waals surface area contributed by atoms with Crippen molar-refractivity contribution in [2.24, 2.45) is 5.92 Å². The molecule has 0 saturated carbocycles. The standard InChI is InChI=1S/C13H12F3NO2/c1-2-9(7-8-17)12(18)10-3-5-11(6-4-10)19-13(14,15)16/h3-6,9H,2,7H2,1H3. The van der Waals surface area contributed by atoms with Crippen LogP contribution in [0.5, 0.6) is 5.75 Å². The molecule has 0 aliphatic rings. The maximum Gasteiger partial charge on any atom is 0.573 e. The van der Waals surface area contributed by atoms with Crippen molar-refractivity contribution in [1.29, 1.82) is 5.26 Å². The van der Waals surface area contributed by atoms with Crippen molar-refractivity contribution in [2.75, 3.05) is 0 Å². The summed E-state index contributed by atoms with van der Waals surface area (Å²) < 4.78 is 39.6. The zero-order valence-corrected chi connectivity index (χ0v) is 10.2. The summed E-state index contributed by atoms with van der Waals surface area (Å²) in [6, 6.07) is 6.62. The molecular weight excluding hydrogens is 259 g/mol. The molecular formula is C13H12F3NO2. The van der Waals surface area contributed by atoms with E-state index in [2.05, 4.69) is 4.74 Å². The van der Waals surface area contributed by atoms with E-state index in [1.54, 1.807) is 6.92 Å². The summed E-state index contributed by atoms with van der Waals surface area (Å²) in [5, 5.41) is 8.59. The highest BCUT2D eigenvalue weighted by molar-refractivity contribution is 5.98. The third kappa shape index (κ3) is 4.62. The van der Waals surface area contributed by atoms with Gasteiger partial charge in [0.25, 0.3) is 0 Å². The molecule has 1 rings (SSSR count). The monoisotopic (exact) mass is 271 g/mol. The molecule has 0 saturated heterocycles. The number of benzene rings is 1. The number of Topliss-reactive ketones (excluding diaryl/α,β-unsaturated/α-hetero) is 1. The SMILES string of the molecule is CCC(CC#N)C(=O)c1ccc(OC(F)(F)F)cc1. The van der Waals surface area contributed by atoms with Gasteiger partial charge < -0.3 is 4.74 Å². The Hall–Kier alpha value is -2.03. The van der Waals surface area contributed by atoms with Gasteiger partial charge in [-0.25, -0.2) is 0 Å². The van der Waals surface area contributed by atoms with Gasteiger partial charge in [0.15, 0.2) is 5.78 Å². The molecule has 1 aromatic carbocycles. The summed E-state index contributed by atoms with van der Waals surface area (Å²) >= 11 is 0. The van der Waals surface area contributed by atoms with Crippen LogP contribution < -0.4 is 4.74 Å². The van der Waals surface area contributed by atoms with E-state index < -0.39 is 12.3 Å². The van der Waals surface area contributed by atoms with Gasteiger partial charge in [0.1, 0.15) is 5.75 Å². The van der Waals surface area contributed by atoms with Crippen LogP contribution >= 0.6 is 0 Å². The smallest absolute Gasteiger partial charge is 0.406 e. The summed E-state index contributed by atoms with van der Waals surface area (Å²) in [4.78, 5) is 11.9. The van der Waals surface area contributed by atoms with Crippen LogP contribution in [-0.2, 0) is 0 Å². The van der Waals surface area contributed by atoms with E-state index >= 15 is 0 Å². The predicted octanol–water partition coefficient (Wildman–Crippen LogP) is 3.71. The second-order valence-corrected chi connectivity index (χ2v) is 3.90. The maximum atomic E-state index is 12.0. The number of hydrogen-bond donors (Lipinski definition) is 0. The van der Waals surface area contributed by atoms with Crippen LogP contribution in [0.15, 0.2) is 24.3 Å². The Morgan fingerprint density at radius 2 is 1.95 bits per heavy atom. The van der Waals surface area contributed by atoms with Gasteiger partial charge in [0.05, 0.1) is 6.07 Å². The lowest BCUT2D eigenvalue weighted by atomic mass is 9.93. The fraction of sp³-hybridized carbons (Fsp3) is 0.385. The fourth-order valence-electron chi connectivity index (χ4n) is 1.59. The number of carbonyl (C=O) groups excluding carboxylic acids is 1.